The molecule has 1 amide bonds. The number of fused-ring (bicyclic) bond motifs is 1. The maximum absolute atomic E-state index is 12.6. The summed E-state index contributed by atoms with van der Waals surface area (Å²) >= 11 is 0. The van der Waals surface area contributed by atoms with Crippen LogP contribution in [0.5, 0.6) is 0 Å². The van der Waals surface area contributed by atoms with Crippen LogP contribution in [0, 0.1) is 0 Å². The van der Waals surface area contributed by atoms with Gasteiger partial charge in [0.1, 0.15) is 5.65 Å². The Labute approximate surface area is 167 Å². The number of nitrogens with one attached hydrogen (secondary N) is 1. The van der Waals surface area contributed by atoms with Crippen molar-refractivity contribution in [1.29, 1.82) is 0 Å². The van der Waals surface area contributed by atoms with Crippen LogP contribution in [0.4, 0.5) is 0 Å². The van der Waals surface area contributed by atoms with Crippen molar-refractivity contribution in [3.8, 4) is 11.4 Å². The number of rotatable bonds is 4. The van der Waals surface area contributed by atoms with Crippen molar-refractivity contribution in [2.24, 2.45) is 0 Å². The summed E-state index contributed by atoms with van der Waals surface area (Å²) in [5.74, 6) is 1.15. The van der Waals surface area contributed by atoms with E-state index in [1.54, 1.807) is 18.6 Å². The van der Waals surface area contributed by atoms with Gasteiger partial charge in [-0.15, -0.1) is 0 Å². The predicted molar refractivity (Wildman–Crippen MR) is 106 cm³/mol. The first-order valence-electron chi connectivity index (χ1n) is 9.71. The van der Waals surface area contributed by atoms with Crippen LogP contribution in [0.2, 0.25) is 0 Å². The van der Waals surface area contributed by atoms with Crippen molar-refractivity contribution in [1.82, 2.24) is 30.0 Å². The van der Waals surface area contributed by atoms with E-state index in [1.165, 1.54) is 0 Å². The first-order valence-corrected chi connectivity index (χ1v) is 9.71. The number of hydrogen-bond acceptors (Lipinski definition) is 6. The number of hydrogen-bond donors (Lipinski definition) is 1. The van der Waals surface area contributed by atoms with Gasteiger partial charge < -0.3 is 14.4 Å². The summed E-state index contributed by atoms with van der Waals surface area (Å²) in [4.78, 5) is 30.7. The highest BCUT2D eigenvalue weighted by Crippen LogP contribution is 2.42. The molecule has 5 rings (SSSR count). The second-order valence-corrected chi connectivity index (χ2v) is 7.10. The molecule has 29 heavy (non-hydrogen) atoms. The summed E-state index contributed by atoms with van der Waals surface area (Å²) in [6.07, 6.45) is 8.20. The summed E-state index contributed by atoms with van der Waals surface area (Å²) in [6.45, 7) is 2.62. The summed E-state index contributed by atoms with van der Waals surface area (Å²) in [6, 6.07) is 7.58. The Bertz CT molecular complexity index is 1150. The number of piperidine rings is 1. The van der Waals surface area contributed by atoms with E-state index in [1.807, 2.05) is 42.3 Å². The van der Waals surface area contributed by atoms with Crippen LogP contribution < -0.4 is 0 Å². The first kappa shape index (κ1) is 17.5. The van der Waals surface area contributed by atoms with Crippen LogP contribution >= 0.6 is 0 Å². The lowest BCUT2D eigenvalue weighted by Crippen LogP contribution is -2.42. The number of likely N-dealkylation sites (tertiary alicyclic amines) is 1. The van der Waals surface area contributed by atoms with Crippen molar-refractivity contribution in [3.05, 3.63) is 60.5 Å². The smallest absolute Gasteiger partial charge is 0.232 e. The zero-order chi connectivity index (χ0) is 19.8. The molecule has 146 valence electrons. The maximum Gasteiger partial charge on any atom is 0.232 e. The Morgan fingerprint density at radius 1 is 1.21 bits per heavy atom. The van der Waals surface area contributed by atoms with Crippen molar-refractivity contribution < 1.29 is 9.32 Å². The minimum Gasteiger partial charge on any atom is -0.346 e. The van der Waals surface area contributed by atoms with Gasteiger partial charge in [0.15, 0.2) is 0 Å². The van der Waals surface area contributed by atoms with Gasteiger partial charge in [-0.1, -0.05) is 5.16 Å². The zero-order valence-corrected chi connectivity index (χ0v) is 15.9. The number of carbonyl (C=O) groups excluding carboxylic acids is 1. The molecule has 4 aromatic heterocycles. The Hall–Kier alpha value is -3.55. The van der Waals surface area contributed by atoms with Gasteiger partial charge in [0.05, 0.1) is 12.0 Å². The molecule has 0 saturated carbocycles. The van der Waals surface area contributed by atoms with Crippen molar-refractivity contribution in [3.63, 3.8) is 0 Å². The standard InChI is InChI=1S/C21H20N6O2/c1-2-27-17(28)4-3-16(18(27)13-5-9-22-10-6-13)21-25-20(26-29-21)15-8-12-24-19-14(15)7-11-23-19/h5-12,16,18H,2-4H2,1H3,(H,23,24)/t16-,18+/m0/s1. The molecule has 0 spiro atoms. The molecule has 1 fully saturated rings. The molecule has 0 bridgehead atoms. The summed E-state index contributed by atoms with van der Waals surface area (Å²) in [5.41, 5.74) is 2.67. The minimum absolute atomic E-state index is 0.0696. The largest absolute Gasteiger partial charge is 0.346 e. The topological polar surface area (TPSA) is 101 Å². The second-order valence-electron chi connectivity index (χ2n) is 7.10. The summed E-state index contributed by atoms with van der Waals surface area (Å²) < 4.78 is 5.72. The number of pyridine rings is 2. The fourth-order valence-corrected chi connectivity index (χ4v) is 4.21. The molecule has 1 N–H and O–H groups in total. The molecule has 8 nitrogen and oxygen atoms in total. The Morgan fingerprint density at radius 3 is 2.90 bits per heavy atom. The molecule has 0 aliphatic carbocycles. The van der Waals surface area contributed by atoms with E-state index in [9.17, 15) is 4.79 Å². The van der Waals surface area contributed by atoms with Crippen molar-refractivity contribution in [2.45, 2.75) is 31.7 Å². The molecular formula is C21H20N6O2. The molecule has 0 aromatic carbocycles. The number of likely N-dealkylation sites (N-methyl/N-ethyl adjacent to an activating group) is 1. The maximum atomic E-state index is 12.6. The van der Waals surface area contributed by atoms with Crippen LogP contribution in [-0.2, 0) is 4.79 Å². The minimum atomic E-state index is -0.151. The van der Waals surface area contributed by atoms with E-state index in [-0.39, 0.29) is 17.9 Å². The van der Waals surface area contributed by atoms with Gasteiger partial charge in [-0.05, 0) is 43.2 Å². The van der Waals surface area contributed by atoms with E-state index < -0.39 is 0 Å². The highest BCUT2D eigenvalue weighted by Gasteiger charge is 2.40. The normalized spacial score (nSPS) is 19.8. The number of amides is 1. The van der Waals surface area contributed by atoms with Crippen LogP contribution in [0.25, 0.3) is 22.4 Å². The van der Waals surface area contributed by atoms with Gasteiger partial charge in [-0.2, -0.15) is 4.98 Å². The quantitative estimate of drug-likeness (QED) is 0.574. The molecule has 0 radical (unpaired) electrons. The van der Waals surface area contributed by atoms with E-state index in [0.29, 0.717) is 31.1 Å². The molecule has 1 aliphatic heterocycles. The summed E-state index contributed by atoms with van der Waals surface area (Å²) in [5, 5.41) is 5.19. The first-order chi connectivity index (χ1) is 14.3. The SMILES string of the molecule is CCN1C(=O)CC[C@H](c2nc(-c3ccnc4[nH]ccc34)no2)[C@H]1c1ccncc1. The lowest BCUT2D eigenvalue weighted by Gasteiger charge is -2.39. The highest BCUT2D eigenvalue weighted by atomic mass is 16.5. The van der Waals surface area contributed by atoms with Crippen LogP contribution in [0.15, 0.2) is 53.6 Å². The number of H-pyrrole nitrogens is 1. The third-order valence-corrected chi connectivity index (χ3v) is 5.55. The molecule has 1 aliphatic rings. The lowest BCUT2D eigenvalue weighted by molar-refractivity contribution is -0.137. The fourth-order valence-electron chi connectivity index (χ4n) is 4.21. The molecule has 4 aromatic rings. The third kappa shape index (κ3) is 2.97. The number of nitrogens with zero attached hydrogens (tertiary/aromatic N) is 5. The number of aromatic nitrogens is 5. The van der Waals surface area contributed by atoms with Crippen molar-refractivity contribution >= 4 is 16.9 Å². The summed E-state index contributed by atoms with van der Waals surface area (Å²) in [7, 11) is 0. The van der Waals surface area contributed by atoms with Gasteiger partial charge in [-0.3, -0.25) is 9.78 Å². The third-order valence-electron chi connectivity index (χ3n) is 5.55. The molecular weight excluding hydrogens is 368 g/mol. The lowest BCUT2D eigenvalue weighted by atomic mass is 9.84. The van der Waals surface area contributed by atoms with Crippen LogP contribution in [0.3, 0.4) is 0 Å². The molecule has 2 atom stereocenters. The van der Waals surface area contributed by atoms with E-state index in [4.69, 9.17) is 9.51 Å². The Morgan fingerprint density at radius 2 is 2.07 bits per heavy atom. The van der Waals surface area contributed by atoms with Crippen LogP contribution in [0.1, 0.15) is 43.2 Å². The van der Waals surface area contributed by atoms with Gasteiger partial charge in [0.25, 0.3) is 0 Å². The van der Waals surface area contributed by atoms with Crippen molar-refractivity contribution in [2.75, 3.05) is 6.54 Å². The van der Waals surface area contributed by atoms with E-state index >= 15 is 0 Å². The van der Waals surface area contributed by atoms with E-state index in [0.717, 1.165) is 22.2 Å². The Kier molecular flexibility index (Phi) is 4.31. The number of carbonyl (C=O) groups is 1. The molecule has 8 heteroatoms. The predicted octanol–water partition coefficient (Wildman–Crippen LogP) is 3.48. The average Bonchev–Trinajstić information content (AvgIpc) is 3.43. The van der Waals surface area contributed by atoms with Gasteiger partial charge in [0, 0.05) is 48.7 Å². The fraction of sp³-hybridized carbons (Fsp3) is 0.286. The van der Waals surface area contributed by atoms with E-state index in [2.05, 4.69) is 20.1 Å². The number of aromatic amines is 1. The van der Waals surface area contributed by atoms with Gasteiger partial charge >= 0.3 is 0 Å². The van der Waals surface area contributed by atoms with Gasteiger partial charge in [-0.25, -0.2) is 4.98 Å². The Balaban J connectivity index is 1.56. The van der Waals surface area contributed by atoms with Gasteiger partial charge in [0.2, 0.25) is 17.6 Å². The monoisotopic (exact) mass is 388 g/mol. The molecule has 0 unspecified atom stereocenters. The molecule has 1 saturated heterocycles. The van der Waals surface area contributed by atoms with Crippen LogP contribution in [-0.4, -0.2) is 42.4 Å². The molecule has 5 heterocycles. The highest BCUT2D eigenvalue weighted by molar-refractivity contribution is 5.90. The second kappa shape index (κ2) is 7.12. The average molecular weight is 388 g/mol. The zero-order valence-electron chi connectivity index (χ0n) is 15.9.